The van der Waals surface area contributed by atoms with Gasteiger partial charge in [-0.25, -0.2) is 18.6 Å². The van der Waals surface area contributed by atoms with Gasteiger partial charge in [0.05, 0.1) is 23.0 Å². The Labute approximate surface area is 170 Å². The number of anilines is 1. The average Bonchev–Trinajstić information content (AvgIpc) is 2.74. The van der Waals surface area contributed by atoms with Crippen molar-refractivity contribution in [2.75, 3.05) is 12.8 Å². The van der Waals surface area contributed by atoms with E-state index in [0.717, 1.165) is 0 Å². The van der Waals surface area contributed by atoms with Gasteiger partial charge in [0.15, 0.2) is 0 Å². The molecule has 3 rings (SSSR count). The van der Waals surface area contributed by atoms with Crippen molar-refractivity contribution in [3.63, 3.8) is 0 Å². The van der Waals surface area contributed by atoms with Gasteiger partial charge in [-0.15, -0.1) is 0 Å². The summed E-state index contributed by atoms with van der Waals surface area (Å²) in [7, 11) is 0.0777. The standard InChI is InChI=1S/C21H20FN5OS/c1-3-5-15(11-24-2)29(28)21-16(6-4-9-25-21)14-7-8-17(18(22)10-14)19-12-27-20(23)13-26-19/h4-13H,3H2,1-2H3,(H2,23,27)/b15-5+,24-11?. The number of hydrogen-bond acceptors (Lipinski definition) is 6. The molecular formula is C21H20FN5OS. The van der Waals surface area contributed by atoms with Gasteiger partial charge in [0, 0.05) is 30.6 Å². The lowest BCUT2D eigenvalue weighted by Crippen LogP contribution is -2.03. The molecule has 0 saturated heterocycles. The fourth-order valence-electron chi connectivity index (χ4n) is 2.74. The van der Waals surface area contributed by atoms with Gasteiger partial charge in [0.25, 0.3) is 0 Å². The third-order valence-corrected chi connectivity index (χ3v) is 5.43. The maximum atomic E-state index is 14.8. The summed E-state index contributed by atoms with van der Waals surface area (Å²) in [4.78, 5) is 16.9. The number of nitrogens with two attached hydrogens (primary N) is 1. The Morgan fingerprint density at radius 3 is 2.69 bits per heavy atom. The molecule has 2 N–H and O–H groups in total. The van der Waals surface area contributed by atoms with Crippen LogP contribution in [0.4, 0.5) is 10.2 Å². The van der Waals surface area contributed by atoms with Crippen LogP contribution in [0.3, 0.4) is 0 Å². The Bertz CT molecular complexity index is 1100. The fraction of sp³-hybridized carbons (Fsp3) is 0.143. The van der Waals surface area contributed by atoms with E-state index in [0.29, 0.717) is 38.7 Å². The molecule has 2 aromatic heterocycles. The molecule has 0 amide bonds. The highest BCUT2D eigenvalue weighted by atomic mass is 32.2. The molecule has 0 aliphatic rings. The molecular weight excluding hydrogens is 389 g/mol. The van der Waals surface area contributed by atoms with Crippen molar-refractivity contribution in [3.8, 4) is 22.4 Å². The van der Waals surface area contributed by atoms with Crippen LogP contribution in [0.5, 0.6) is 0 Å². The Hall–Kier alpha value is -3.26. The zero-order chi connectivity index (χ0) is 20.8. The Balaban J connectivity index is 2.04. The smallest absolute Gasteiger partial charge is 0.141 e. The number of rotatable bonds is 6. The predicted octanol–water partition coefficient (Wildman–Crippen LogP) is 4.03. The molecule has 148 valence electrons. The second-order valence-corrected chi connectivity index (χ2v) is 7.44. The van der Waals surface area contributed by atoms with Gasteiger partial charge in [0.1, 0.15) is 27.5 Å². The second-order valence-electron chi connectivity index (χ2n) is 6.05. The Morgan fingerprint density at radius 2 is 2.03 bits per heavy atom. The van der Waals surface area contributed by atoms with Crippen LogP contribution < -0.4 is 5.73 Å². The van der Waals surface area contributed by atoms with E-state index >= 15 is 0 Å². The molecule has 0 aliphatic heterocycles. The van der Waals surface area contributed by atoms with E-state index in [4.69, 9.17) is 5.73 Å². The lowest BCUT2D eigenvalue weighted by molar-refractivity contribution is 0.631. The van der Waals surface area contributed by atoms with Crippen LogP contribution in [0.2, 0.25) is 0 Å². The maximum Gasteiger partial charge on any atom is 0.141 e. The minimum atomic E-state index is -1.54. The van der Waals surface area contributed by atoms with E-state index in [9.17, 15) is 8.60 Å². The van der Waals surface area contributed by atoms with E-state index in [1.807, 2.05) is 13.0 Å². The minimum absolute atomic E-state index is 0.264. The maximum absolute atomic E-state index is 14.8. The van der Waals surface area contributed by atoms with Crippen LogP contribution in [0, 0.1) is 5.82 Å². The number of benzene rings is 1. The van der Waals surface area contributed by atoms with E-state index in [1.165, 1.54) is 18.5 Å². The van der Waals surface area contributed by atoms with Crippen molar-refractivity contribution in [1.82, 2.24) is 15.0 Å². The van der Waals surface area contributed by atoms with Crippen LogP contribution in [0.15, 0.2) is 69.9 Å². The summed E-state index contributed by atoms with van der Waals surface area (Å²) in [5.41, 5.74) is 7.38. The topological polar surface area (TPSA) is 94.1 Å². The summed E-state index contributed by atoms with van der Waals surface area (Å²) < 4.78 is 27.9. The molecule has 3 aromatic rings. The van der Waals surface area contributed by atoms with Gasteiger partial charge < -0.3 is 5.73 Å². The van der Waals surface area contributed by atoms with Crippen molar-refractivity contribution < 1.29 is 8.60 Å². The number of allylic oxidation sites excluding steroid dienone is 2. The molecule has 2 heterocycles. The van der Waals surface area contributed by atoms with E-state index in [-0.39, 0.29) is 5.82 Å². The second kappa shape index (κ2) is 9.29. The molecule has 1 aromatic carbocycles. The molecule has 6 nitrogen and oxygen atoms in total. The average molecular weight is 409 g/mol. The molecule has 0 bridgehead atoms. The first kappa shape index (κ1) is 20.5. The van der Waals surface area contributed by atoms with Gasteiger partial charge in [-0.1, -0.05) is 25.1 Å². The first-order valence-corrected chi connectivity index (χ1v) is 10.1. The highest BCUT2D eigenvalue weighted by Crippen LogP contribution is 2.30. The summed E-state index contributed by atoms with van der Waals surface area (Å²) in [6, 6.07) is 8.23. The van der Waals surface area contributed by atoms with Crippen molar-refractivity contribution in [3.05, 3.63) is 65.7 Å². The zero-order valence-electron chi connectivity index (χ0n) is 16.0. The zero-order valence-corrected chi connectivity index (χ0v) is 16.9. The van der Waals surface area contributed by atoms with Crippen LogP contribution >= 0.6 is 0 Å². The SMILES string of the molecule is CC/C=C(\C=NC)S(=O)c1ncccc1-c1ccc(-c2cnc(N)cn2)c(F)c1. The summed E-state index contributed by atoms with van der Waals surface area (Å²) in [5.74, 6) is -0.207. The molecule has 29 heavy (non-hydrogen) atoms. The number of hydrogen-bond donors (Lipinski definition) is 1. The van der Waals surface area contributed by atoms with Crippen molar-refractivity contribution >= 4 is 22.8 Å². The van der Waals surface area contributed by atoms with Crippen LogP contribution in [-0.4, -0.2) is 32.4 Å². The molecule has 0 radical (unpaired) electrons. The van der Waals surface area contributed by atoms with Crippen molar-refractivity contribution in [2.24, 2.45) is 4.99 Å². The molecule has 1 atom stereocenters. The van der Waals surface area contributed by atoms with Crippen LogP contribution in [0.1, 0.15) is 13.3 Å². The lowest BCUT2D eigenvalue weighted by atomic mass is 10.0. The van der Waals surface area contributed by atoms with Crippen molar-refractivity contribution in [2.45, 2.75) is 18.4 Å². The molecule has 0 saturated carbocycles. The molecule has 1 unspecified atom stereocenters. The predicted molar refractivity (Wildman–Crippen MR) is 114 cm³/mol. The third-order valence-electron chi connectivity index (χ3n) is 4.05. The molecule has 0 spiro atoms. The number of nitrogens with zero attached hydrogens (tertiary/aromatic N) is 4. The minimum Gasteiger partial charge on any atom is -0.382 e. The Kier molecular flexibility index (Phi) is 6.56. The van der Waals surface area contributed by atoms with Crippen molar-refractivity contribution in [1.29, 1.82) is 0 Å². The quantitative estimate of drug-likeness (QED) is 0.620. The summed E-state index contributed by atoms with van der Waals surface area (Å²) in [6.45, 7) is 1.95. The third kappa shape index (κ3) is 4.60. The summed E-state index contributed by atoms with van der Waals surface area (Å²) >= 11 is 0. The normalized spacial score (nSPS) is 13.0. The monoisotopic (exact) mass is 409 g/mol. The summed E-state index contributed by atoms with van der Waals surface area (Å²) in [5, 5.41) is 0.353. The highest BCUT2D eigenvalue weighted by Gasteiger charge is 2.17. The number of aliphatic imine (C=N–C) groups is 1. The first-order chi connectivity index (χ1) is 14.0. The lowest BCUT2D eigenvalue weighted by Gasteiger charge is -2.10. The summed E-state index contributed by atoms with van der Waals surface area (Å²) in [6.07, 6.45) is 8.47. The largest absolute Gasteiger partial charge is 0.382 e. The van der Waals surface area contributed by atoms with Gasteiger partial charge >= 0.3 is 0 Å². The molecule has 0 aliphatic carbocycles. The van der Waals surface area contributed by atoms with E-state index < -0.39 is 16.6 Å². The molecule has 0 fully saturated rings. The van der Waals surface area contributed by atoms with Gasteiger partial charge in [-0.2, -0.15) is 0 Å². The molecule has 8 heteroatoms. The van der Waals surface area contributed by atoms with Gasteiger partial charge in [-0.3, -0.25) is 9.98 Å². The number of pyridine rings is 1. The van der Waals surface area contributed by atoms with Gasteiger partial charge in [-0.05, 0) is 30.2 Å². The number of nitrogen functional groups attached to an aromatic ring is 1. The number of aromatic nitrogens is 3. The fourth-order valence-corrected chi connectivity index (χ4v) is 4.03. The van der Waals surface area contributed by atoms with E-state index in [1.54, 1.807) is 43.7 Å². The van der Waals surface area contributed by atoms with Gasteiger partial charge in [0.2, 0.25) is 0 Å². The highest BCUT2D eigenvalue weighted by molar-refractivity contribution is 7.90. The first-order valence-electron chi connectivity index (χ1n) is 8.92. The number of halogens is 1. The van der Waals surface area contributed by atoms with Crippen LogP contribution in [-0.2, 0) is 10.8 Å². The Morgan fingerprint density at radius 1 is 1.21 bits per heavy atom. The van der Waals surface area contributed by atoms with Crippen LogP contribution in [0.25, 0.3) is 22.4 Å². The van der Waals surface area contributed by atoms with E-state index in [2.05, 4.69) is 19.9 Å².